The van der Waals surface area contributed by atoms with Gasteiger partial charge in [-0.3, -0.25) is 9.59 Å². The average Bonchev–Trinajstić information content (AvgIpc) is 3.28. The number of esters is 1. The molecule has 3 aromatic rings. The standard InChI is InChI=1S/C30H36FN3O5/c1-19(2)28-26(15-14-24(35)16-25(36)17-27(37)39-5)34(23-12-10-22(31)11-13-23)32-29(28)30(38)33(4)18-21-9-7-6-8-20(21)3/h6-15,19,24-25,35-36H,16-18H2,1-5H3/b15-14+. The van der Waals surface area contributed by atoms with E-state index in [0.717, 1.165) is 11.1 Å². The van der Waals surface area contributed by atoms with Crippen molar-refractivity contribution in [1.29, 1.82) is 0 Å². The van der Waals surface area contributed by atoms with Crippen molar-refractivity contribution in [3.8, 4) is 5.69 Å². The summed E-state index contributed by atoms with van der Waals surface area (Å²) in [5.41, 5.74) is 4.10. The Labute approximate surface area is 228 Å². The summed E-state index contributed by atoms with van der Waals surface area (Å²) in [4.78, 5) is 26.7. The highest BCUT2D eigenvalue weighted by Crippen LogP contribution is 2.29. The number of aryl methyl sites for hydroxylation is 1. The van der Waals surface area contributed by atoms with Crippen LogP contribution in [0, 0.1) is 12.7 Å². The predicted molar refractivity (Wildman–Crippen MR) is 147 cm³/mol. The van der Waals surface area contributed by atoms with E-state index in [-0.39, 0.29) is 30.4 Å². The maximum atomic E-state index is 13.7. The fraction of sp³-hybridized carbons (Fsp3) is 0.367. The van der Waals surface area contributed by atoms with E-state index in [9.17, 15) is 24.2 Å². The highest BCUT2D eigenvalue weighted by molar-refractivity contribution is 5.95. The molecule has 0 aliphatic rings. The van der Waals surface area contributed by atoms with Crippen molar-refractivity contribution in [3.63, 3.8) is 0 Å². The molecule has 8 nitrogen and oxygen atoms in total. The van der Waals surface area contributed by atoms with Crippen LogP contribution in [0.1, 0.15) is 65.5 Å². The number of carbonyl (C=O) groups excluding carboxylic acids is 2. The third-order valence-electron chi connectivity index (χ3n) is 6.45. The summed E-state index contributed by atoms with van der Waals surface area (Å²) in [5, 5.41) is 25.3. The number of benzene rings is 2. The average molecular weight is 538 g/mol. The summed E-state index contributed by atoms with van der Waals surface area (Å²) in [6.07, 6.45) is 0.629. The Balaban J connectivity index is 2.01. The zero-order valence-corrected chi connectivity index (χ0v) is 23.0. The molecule has 0 saturated carbocycles. The van der Waals surface area contributed by atoms with E-state index in [1.54, 1.807) is 34.8 Å². The summed E-state index contributed by atoms with van der Waals surface area (Å²) < 4.78 is 19.8. The first-order valence-corrected chi connectivity index (χ1v) is 12.8. The zero-order chi connectivity index (χ0) is 28.7. The molecule has 0 aliphatic heterocycles. The van der Waals surface area contributed by atoms with Gasteiger partial charge in [0.1, 0.15) is 5.82 Å². The molecule has 2 atom stereocenters. The Hall–Kier alpha value is -3.82. The van der Waals surface area contributed by atoms with Crippen molar-refractivity contribution >= 4 is 18.0 Å². The minimum atomic E-state index is -1.09. The van der Waals surface area contributed by atoms with E-state index in [4.69, 9.17) is 0 Å². The third kappa shape index (κ3) is 7.61. The van der Waals surface area contributed by atoms with Crippen LogP contribution in [-0.4, -0.2) is 63.1 Å². The molecule has 0 radical (unpaired) electrons. The van der Waals surface area contributed by atoms with Crippen molar-refractivity contribution < 1.29 is 28.9 Å². The molecule has 2 aromatic carbocycles. The number of halogens is 1. The second-order valence-corrected chi connectivity index (χ2v) is 9.87. The number of ether oxygens (including phenoxy) is 1. The molecule has 0 bridgehead atoms. The van der Waals surface area contributed by atoms with Crippen LogP contribution in [0.3, 0.4) is 0 Å². The van der Waals surface area contributed by atoms with Gasteiger partial charge in [0.2, 0.25) is 0 Å². The van der Waals surface area contributed by atoms with Crippen LogP contribution in [0.2, 0.25) is 0 Å². The van der Waals surface area contributed by atoms with Crippen LogP contribution in [0.5, 0.6) is 0 Å². The SMILES string of the molecule is COC(=O)CC(O)CC(O)/C=C/c1c(C(C)C)c(C(=O)N(C)Cc2ccccc2C)nn1-c1ccc(F)cc1. The topological polar surface area (TPSA) is 105 Å². The van der Waals surface area contributed by atoms with Gasteiger partial charge in [-0.25, -0.2) is 9.07 Å². The molecule has 2 unspecified atom stereocenters. The molecule has 1 heterocycles. The van der Waals surface area contributed by atoms with Crippen LogP contribution in [0.25, 0.3) is 11.8 Å². The van der Waals surface area contributed by atoms with E-state index in [1.165, 1.54) is 25.3 Å². The minimum absolute atomic E-state index is 0.0851. The molecule has 0 saturated heterocycles. The predicted octanol–water partition coefficient (Wildman–Crippen LogP) is 4.40. The highest BCUT2D eigenvalue weighted by Gasteiger charge is 2.27. The smallest absolute Gasteiger partial charge is 0.308 e. The normalized spacial score (nSPS) is 13.1. The fourth-order valence-corrected chi connectivity index (χ4v) is 4.32. The Morgan fingerprint density at radius 1 is 1.13 bits per heavy atom. The molecule has 39 heavy (non-hydrogen) atoms. The van der Waals surface area contributed by atoms with Crippen LogP contribution in [0.4, 0.5) is 4.39 Å². The second kappa shape index (κ2) is 13.3. The summed E-state index contributed by atoms with van der Waals surface area (Å²) in [7, 11) is 2.95. The van der Waals surface area contributed by atoms with Gasteiger partial charge in [0, 0.05) is 25.6 Å². The van der Waals surface area contributed by atoms with E-state index in [1.807, 2.05) is 45.0 Å². The number of carbonyl (C=O) groups is 2. The summed E-state index contributed by atoms with van der Waals surface area (Å²) >= 11 is 0. The minimum Gasteiger partial charge on any atom is -0.469 e. The molecular formula is C30H36FN3O5. The van der Waals surface area contributed by atoms with Gasteiger partial charge in [0.25, 0.3) is 5.91 Å². The summed E-state index contributed by atoms with van der Waals surface area (Å²) in [6, 6.07) is 13.6. The largest absolute Gasteiger partial charge is 0.469 e. The fourth-order valence-electron chi connectivity index (χ4n) is 4.32. The van der Waals surface area contributed by atoms with Gasteiger partial charge in [-0.1, -0.05) is 44.2 Å². The molecule has 9 heteroatoms. The number of methoxy groups -OCH3 is 1. The molecule has 0 spiro atoms. The third-order valence-corrected chi connectivity index (χ3v) is 6.45. The van der Waals surface area contributed by atoms with Gasteiger partial charge in [-0.15, -0.1) is 0 Å². The molecule has 3 rings (SSSR count). The maximum absolute atomic E-state index is 13.7. The molecule has 208 valence electrons. The van der Waals surface area contributed by atoms with E-state index >= 15 is 0 Å². The van der Waals surface area contributed by atoms with Gasteiger partial charge in [-0.2, -0.15) is 5.10 Å². The maximum Gasteiger partial charge on any atom is 0.308 e. The molecule has 0 fully saturated rings. The molecule has 1 aromatic heterocycles. The Morgan fingerprint density at radius 2 is 1.79 bits per heavy atom. The van der Waals surface area contributed by atoms with Crippen LogP contribution in [-0.2, 0) is 16.1 Å². The Morgan fingerprint density at radius 3 is 2.41 bits per heavy atom. The first kappa shape index (κ1) is 29.7. The quantitative estimate of drug-likeness (QED) is 0.351. The number of aliphatic hydroxyl groups excluding tert-OH is 2. The van der Waals surface area contributed by atoms with E-state index in [2.05, 4.69) is 9.84 Å². The van der Waals surface area contributed by atoms with Gasteiger partial charge >= 0.3 is 5.97 Å². The van der Waals surface area contributed by atoms with Gasteiger partial charge in [0.05, 0.1) is 37.1 Å². The summed E-state index contributed by atoms with van der Waals surface area (Å²) in [6.45, 7) is 6.28. The number of amides is 1. The lowest BCUT2D eigenvalue weighted by atomic mass is 9.98. The number of hydrogen-bond donors (Lipinski definition) is 2. The Kier molecular flexibility index (Phi) is 10.1. The highest BCUT2D eigenvalue weighted by atomic mass is 19.1. The number of nitrogens with zero attached hydrogens (tertiary/aromatic N) is 3. The second-order valence-electron chi connectivity index (χ2n) is 9.87. The lowest BCUT2D eigenvalue weighted by Crippen LogP contribution is -2.28. The first-order chi connectivity index (χ1) is 18.5. The van der Waals surface area contributed by atoms with Gasteiger partial charge in [0.15, 0.2) is 5.69 Å². The van der Waals surface area contributed by atoms with Crippen LogP contribution < -0.4 is 0 Å². The van der Waals surface area contributed by atoms with Crippen molar-refractivity contribution in [2.45, 2.75) is 58.3 Å². The summed E-state index contributed by atoms with van der Waals surface area (Å²) in [5.74, 6) is -1.37. The van der Waals surface area contributed by atoms with Crippen molar-refractivity contribution in [1.82, 2.24) is 14.7 Å². The number of hydrogen-bond acceptors (Lipinski definition) is 6. The van der Waals surface area contributed by atoms with Gasteiger partial charge in [-0.05, 0) is 54.3 Å². The number of aliphatic hydroxyl groups is 2. The van der Waals surface area contributed by atoms with Crippen LogP contribution in [0.15, 0.2) is 54.6 Å². The molecular weight excluding hydrogens is 501 g/mol. The lowest BCUT2D eigenvalue weighted by Gasteiger charge is -2.19. The first-order valence-electron chi connectivity index (χ1n) is 12.8. The number of rotatable bonds is 11. The van der Waals surface area contributed by atoms with Crippen molar-refractivity contribution in [3.05, 3.63) is 88.5 Å². The lowest BCUT2D eigenvalue weighted by molar-refractivity contribution is -0.143. The number of aromatic nitrogens is 2. The van der Waals surface area contributed by atoms with Crippen molar-refractivity contribution in [2.24, 2.45) is 0 Å². The molecule has 0 aliphatic carbocycles. The monoisotopic (exact) mass is 537 g/mol. The van der Waals surface area contributed by atoms with E-state index in [0.29, 0.717) is 23.5 Å². The molecule has 1 amide bonds. The van der Waals surface area contributed by atoms with Crippen LogP contribution >= 0.6 is 0 Å². The zero-order valence-electron chi connectivity index (χ0n) is 23.0. The Bertz CT molecular complexity index is 1320. The van der Waals surface area contributed by atoms with Crippen molar-refractivity contribution in [2.75, 3.05) is 14.2 Å². The van der Waals surface area contributed by atoms with E-state index < -0.39 is 24.0 Å². The molecule has 2 N–H and O–H groups in total. The van der Waals surface area contributed by atoms with Gasteiger partial charge < -0.3 is 19.8 Å².